The standard InChI is InChI=1S/C27H25ClFN5O3/c1-16(35)31-27(2)14-33(15-27)24-11-18(6-7-30-24)21-13-19(29)12-20(25(21)36)17-4-5-23(22(28)10-17)34-9-8-32(3)26(34)37/h4-13,36H,14-15H2,1-3H3,(H,31,35). The molecule has 0 saturated carbocycles. The zero-order chi connectivity index (χ0) is 26.5. The molecule has 0 radical (unpaired) electrons. The number of nitrogens with zero attached hydrogens (tertiary/aromatic N) is 4. The number of pyridine rings is 1. The quantitative estimate of drug-likeness (QED) is 0.412. The van der Waals surface area contributed by atoms with Crippen LogP contribution in [0.25, 0.3) is 27.9 Å². The van der Waals surface area contributed by atoms with Crippen LogP contribution in [0, 0.1) is 5.82 Å². The maximum absolute atomic E-state index is 14.8. The van der Waals surface area contributed by atoms with Crippen molar-refractivity contribution in [2.75, 3.05) is 18.0 Å². The SMILES string of the molecule is CC(=O)NC1(C)CN(c2cc(-c3cc(F)cc(-c4ccc(-n5ccn(C)c5=O)c(Cl)c4)c3O)ccn2)C1. The number of carbonyl (C=O) groups excluding carboxylic acids is 1. The van der Waals surface area contributed by atoms with E-state index in [1.807, 2.05) is 11.8 Å². The Morgan fingerprint density at radius 3 is 2.38 bits per heavy atom. The molecule has 2 aromatic heterocycles. The first-order valence-corrected chi connectivity index (χ1v) is 12.0. The summed E-state index contributed by atoms with van der Waals surface area (Å²) in [4.78, 5) is 30.2. The highest BCUT2D eigenvalue weighted by Crippen LogP contribution is 2.41. The number of imidazole rings is 1. The Hall–Kier alpha value is -4.11. The third kappa shape index (κ3) is 4.58. The lowest BCUT2D eigenvalue weighted by Crippen LogP contribution is -2.68. The molecule has 0 atom stereocenters. The van der Waals surface area contributed by atoms with Gasteiger partial charge >= 0.3 is 5.69 Å². The van der Waals surface area contributed by atoms with E-state index in [1.54, 1.807) is 56.0 Å². The van der Waals surface area contributed by atoms with E-state index in [2.05, 4.69) is 10.3 Å². The Bertz CT molecular complexity index is 1590. The molecule has 0 spiro atoms. The smallest absolute Gasteiger partial charge is 0.332 e. The van der Waals surface area contributed by atoms with Crippen molar-refractivity contribution < 1.29 is 14.3 Å². The predicted molar refractivity (Wildman–Crippen MR) is 141 cm³/mol. The zero-order valence-electron chi connectivity index (χ0n) is 20.5. The van der Waals surface area contributed by atoms with Gasteiger partial charge in [0.25, 0.3) is 0 Å². The van der Waals surface area contributed by atoms with E-state index in [1.165, 1.54) is 28.2 Å². The average Bonchev–Trinajstić information content (AvgIpc) is 3.16. The minimum Gasteiger partial charge on any atom is -0.507 e. The third-order valence-corrected chi connectivity index (χ3v) is 6.78. The molecule has 190 valence electrons. The maximum Gasteiger partial charge on any atom is 0.332 e. The van der Waals surface area contributed by atoms with Gasteiger partial charge in [-0.25, -0.2) is 14.2 Å². The highest BCUT2D eigenvalue weighted by molar-refractivity contribution is 6.32. The van der Waals surface area contributed by atoms with Crippen LogP contribution in [-0.2, 0) is 11.8 Å². The van der Waals surface area contributed by atoms with Gasteiger partial charge in [-0.3, -0.25) is 9.36 Å². The van der Waals surface area contributed by atoms with E-state index in [4.69, 9.17) is 11.6 Å². The Labute approximate surface area is 217 Å². The fraction of sp³-hybridized carbons (Fsp3) is 0.222. The summed E-state index contributed by atoms with van der Waals surface area (Å²) in [6, 6.07) is 10.9. The number of aromatic nitrogens is 3. The fourth-order valence-corrected chi connectivity index (χ4v) is 5.05. The molecule has 0 aliphatic carbocycles. The number of hydrogen-bond donors (Lipinski definition) is 2. The number of phenols is 1. The number of aryl methyl sites for hydroxylation is 1. The molecule has 4 aromatic rings. The monoisotopic (exact) mass is 521 g/mol. The number of nitrogens with one attached hydrogen (secondary N) is 1. The molecule has 37 heavy (non-hydrogen) atoms. The molecule has 1 amide bonds. The van der Waals surface area contributed by atoms with E-state index in [-0.39, 0.29) is 33.5 Å². The molecule has 1 fully saturated rings. The molecule has 10 heteroatoms. The van der Waals surface area contributed by atoms with Crippen molar-refractivity contribution in [1.29, 1.82) is 0 Å². The van der Waals surface area contributed by atoms with Gasteiger partial charge in [0.15, 0.2) is 0 Å². The van der Waals surface area contributed by atoms with Crippen molar-refractivity contribution in [2.24, 2.45) is 7.05 Å². The van der Waals surface area contributed by atoms with Gasteiger partial charge in [-0.15, -0.1) is 0 Å². The molecule has 8 nitrogen and oxygen atoms in total. The van der Waals surface area contributed by atoms with Crippen LogP contribution in [-0.4, -0.2) is 43.8 Å². The van der Waals surface area contributed by atoms with E-state index >= 15 is 0 Å². The Morgan fingerprint density at radius 1 is 1.11 bits per heavy atom. The van der Waals surface area contributed by atoms with Gasteiger partial charge < -0.3 is 19.9 Å². The minimum atomic E-state index is -0.525. The number of hydrogen-bond acceptors (Lipinski definition) is 5. The molecular weight excluding hydrogens is 497 g/mol. The van der Waals surface area contributed by atoms with Crippen LogP contribution in [0.1, 0.15) is 13.8 Å². The van der Waals surface area contributed by atoms with Crippen molar-refractivity contribution in [3.05, 3.63) is 82.4 Å². The van der Waals surface area contributed by atoms with E-state index in [0.717, 1.165) is 0 Å². The lowest BCUT2D eigenvalue weighted by atomic mass is 9.91. The average molecular weight is 522 g/mol. The van der Waals surface area contributed by atoms with E-state index in [0.29, 0.717) is 41.3 Å². The first-order valence-electron chi connectivity index (χ1n) is 11.6. The summed E-state index contributed by atoms with van der Waals surface area (Å²) in [7, 11) is 1.64. The first kappa shape index (κ1) is 24.6. The van der Waals surface area contributed by atoms with E-state index < -0.39 is 5.82 Å². The van der Waals surface area contributed by atoms with Gasteiger partial charge in [0, 0.05) is 56.8 Å². The van der Waals surface area contributed by atoms with Gasteiger partial charge in [-0.1, -0.05) is 17.7 Å². The molecule has 2 aromatic carbocycles. The molecule has 1 aliphatic heterocycles. The summed E-state index contributed by atoms with van der Waals surface area (Å²) in [6.07, 6.45) is 4.84. The predicted octanol–water partition coefficient (Wildman–Crippen LogP) is 4.12. The second-order valence-corrected chi connectivity index (χ2v) is 9.99. The van der Waals surface area contributed by atoms with Gasteiger partial charge in [-0.05, 0) is 54.4 Å². The molecule has 0 unspecified atom stereocenters. The van der Waals surface area contributed by atoms with Crippen molar-refractivity contribution in [3.8, 4) is 33.7 Å². The maximum atomic E-state index is 14.8. The number of phenolic OH excluding ortho intramolecular Hbond substituents is 1. The van der Waals surface area contributed by atoms with Gasteiger partial charge in [0.1, 0.15) is 17.4 Å². The minimum absolute atomic E-state index is 0.0926. The van der Waals surface area contributed by atoms with Crippen LogP contribution in [0.2, 0.25) is 5.02 Å². The summed E-state index contributed by atoms with van der Waals surface area (Å²) < 4.78 is 17.6. The normalized spacial score (nSPS) is 14.4. The number of aromatic hydroxyl groups is 1. The van der Waals surface area contributed by atoms with Crippen molar-refractivity contribution >= 4 is 23.3 Å². The van der Waals surface area contributed by atoms with E-state index in [9.17, 15) is 19.1 Å². The largest absolute Gasteiger partial charge is 0.507 e. The van der Waals surface area contributed by atoms with Crippen LogP contribution in [0.4, 0.5) is 10.2 Å². The third-order valence-electron chi connectivity index (χ3n) is 6.48. The molecule has 1 saturated heterocycles. The lowest BCUT2D eigenvalue weighted by molar-refractivity contribution is -0.121. The van der Waals surface area contributed by atoms with Gasteiger partial charge in [0.2, 0.25) is 5.91 Å². The van der Waals surface area contributed by atoms with Crippen LogP contribution in [0.15, 0.2) is 65.8 Å². The fourth-order valence-electron chi connectivity index (χ4n) is 4.78. The van der Waals surface area contributed by atoms with Crippen molar-refractivity contribution in [1.82, 2.24) is 19.4 Å². The molecule has 1 aliphatic rings. The van der Waals surface area contributed by atoms with Crippen LogP contribution in [0.5, 0.6) is 5.75 Å². The number of carbonyl (C=O) groups is 1. The van der Waals surface area contributed by atoms with Crippen LogP contribution >= 0.6 is 11.6 Å². The summed E-state index contributed by atoms with van der Waals surface area (Å²) in [5, 5.41) is 14.4. The zero-order valence-corrected chi connectivity index (χ0v) is 21.3. The highest BCUT2D eigenvalue weighted by atomic mass is 35.5. The molecule has 2 N–H and O–H groups in total. The molecule has 5 rings (SSSR count). The molecule has 0 bridgehead atoms. The Morgan fingerprint density at radius 2 is 1.78 bits per heavy atom. The van der Waals surface area contributed by atoms with Crippen LogP contribution < -0.4 is 15.9 Å². The number of halogens is 2. The van der Waals surface area contributed by atoms with Gasteiger partial charge in [-0.2, -0.15) is 0 Å². The second-order valence-electron chi connectivity index (χ2n) is 9.58. The molecule has 3 heterocycles. The summed E-state index contributed by atoms with van der Waals surface area (Å²) in [6.45, 7) is 4.61. The summed E-state index contributed by atoms with van der Waals surface area (Å²) >= 11 is 6.49. The van der Waals surface area contributed by atoms with Crippen molar-refractivity contribution in [3.63, 3.8) is 0 Å². The van der Waals surface area contributed by atoms with Crippen LogP contribution in [0.3, 0.4) is 0 Å². The number of anilines is 1. The topological polar surface area (TPSA) is 92.4 Å². The number of rotatable bonds is 5. The lowest BCUT2D eigenvalue weighted by Gasteiger charge is -2.48. The summed E-state index contributed by atoms with van der Waals surface area (Å²) in [5.74, 6) is -0.0648. The highest BCUT2D eigenvalue weighted by Gasteiger charge is 2.40. The molecular formula is C27H25ClFN5O3. The van der Waals surface area contributed by atoms with Crippen molar-refractivity contribution in [2.45, 2.75) is 19.4 Å². The first-order chi connectivity index (χ1) is 17.5. The number of amides is 1. The second kappa shape index (κ2) is 9.08. The Kier molecular flexibility index (Phi) is 6.03. The number of benzene rings is 2. The van der Waals surface area contributed by atoms with Gasteiger partial charge in [0.05, 0.1) is 16.2 Å². The summed E-state index contributed by atoms with van der Waals surface area (Å²) in [5.41, 5.74) is 1.56. The Balaban J connectivity index is 1.48.